The highest BCUT2D eigenvalue weighted by molar-refractivity contribution is 6.03. The van der Waals surface area contributed by atoms with Gasteiger partial charge in [0.1, 0.15) is 0 Å². The number of hydrogen-bond acceptors (Lipinski definition) is 1. The Morgan fingerprint density at radius 3 is 2.77 bits per heavy atom. The molecule has 22 heavy (non-hydrogen) atoms. The van der Waals surface area contributed by atoms with Crippen molar-refractivity contribution in [3.8, 4) is 11.1 Å². The van der Waals surface area contributed by atoms with Gasteiger partial charge in [0, 0.05) is 18.8 Å². The van der Waals surface area contributed by atoms with Gasteiger partial charge in [0.05, 0.1) is 0 Å². The van der Waals surface area contributed by atoms with E-state index >= 15 is 0 Å². The second kappa shape index (κ2) is 4.36. The van der Waals surface area contributed by atoms with Gasteiger partial charge >= 0.3 is 0 Å². The van der Waals surface area contributed by atoms with E-state index in [1.807, 2.05) is 0 Å². The van der Waals surface area contributed by atoms with Crippen molar-refractivity contribution in [2.45, 2.75) is 19.8 Å². The Morgan fingerprint density at radius 2 is 1.86 bits per heavy atom. The molecule has 0 aromatic heterocycles. The Kier molecular flexibility index (Phi) is 2.43. The van der Waals surface area contributed by atoms with E-state index in [4.69, 9.17) is 0 Å². The van der Waals surface area contributed by atoms with Crippen LogP contribution in [0.25, 0.3) is 21.9 Å². The van der Waals surface area contributed by atoms with Gasteiger partial charge in [-0.3, -0.25) is 0 Å². The van der Waals surface area contributed by atoms with Crippen LogP contribution in [0.4, 0.5) is 5.69 Å². The summed E-state index contributed by atoms with van der Waals surface area (Å²) < 4.78 is 0. The third-order valence-corrected chi connectivity index (χ3v) is 5.35. The molecule has 0 fully saturated rings. The lowest BCUT2D eigenvalue weighted by Gasteiger charge is -2.17. The SMILES string of the molecule is CCN1CCc2cc3c4c(ccc3cc21)Cc1ccccc1-4. The van der Waals surface area contributed by atoms with Crippen molar-refractivity contribution in [2.75, 3.05) is 18.0 Å². The molecule has 5 rings (SSSR count). The van der Waals surface area contributed by atoms with Gasteiger partial charge in [0.25, 0.3) is 0 Å². The van der Waals surface area contributed by atoms with E-state index in [0.717, 1.165) is 13.0 Å². The topological polar surface area (TPSA) is 3.24 Å². The van der Waals surface area contributed by atoms with Crippen LogP contribution < -0.4 is 4.90 Å². The quantitative estimate of drug-likeness (QED) is 0.486. The first-order valence-electron chi connectivity index (χ1n) is 8.27. The zero-order valence-corrected chi connectivity index (χ0v) is 12.9. The molecule has 1 aliphatic heterocycles. The molecule has 1 heteroatoms. The van der Waals surface area contributed by atoms with Crippen molar-refractivity contribution in [3.63, 3.8) is 0 Å². The van der Waals surface area contributed by atoms with Crippen LogP contribution in [-0.4, -0.2) is 13.1 Å². The maximum Gasteiger partial charge on any atom is 0.0405 e. The predicted octanol–water partition coefficient (Wildman–Crippen LogP) is 4.79. The summed E-state index contributed by atoms with van der Waals surface area (Å²) in [6, 6.07) is 18.4. The van der Waals surface area contributed by atoms with Gasteiger partial charge in [0.2, 0.25) is 0 Å². The summed E-state index contributed by atoms with van der Waals surface area (Å²) in [5.41, 5.74) is 8.84. The van der Waals surface area contributed by atoms with Crippen molar-refractivity contribution in [1.82, 2.24) is 0 Å². The Morgan fingerprint density at radius 1 is 0.955 bits per heavy atom. The molecule has 0 saturated heterocycles. The first-order valence-corrected chi connectivity index (χ1v) is 8.27. The average Bonchev–Trinajstić information content (AvgIpc) is 3.13. The van der Waals surface area contributed by atoms with Crippen LogP contribution in [0.1, 0.15) is 23.6 Å². The van der Waals surface area contributed by atoms with Gasteiger partial charge in [0.15, 0.2) is 0 Å². The number of fused-ring (bicyclic) bond motifs is 6. The first kappa shape index (κ1) is 12.3. The predicted molar refractivity (Wildman–Crippen MR) is 93.8 cm³/mol. The minimum absolute atomic E-state index is 1.08. The summed E-state index contributed by atoms with van der Waals surface area (Å²) in [5, 5.41) is 2.83. The second-order valence-electron chi connectivity index (χ2n) is 6.47. The number of benzene rings is 3. The molecule has 2 aliphatic rings. The van der Waals surface area contributed by atoms with Crippen LogP contribution in [0.15, 0.2) is 48.5 Å². The smallest absolute Gasteiger partial charge is 0.0405 e. The molecular formula is C21H19N. The Bertz CT molecular complexity index is 907. The highest BCUT2D eigenvalue weighted by Gasteiger charge is 2.23. The fourth-order valence-corrected chi connectivity index (χ4v) is 4.24. The molecule has 3 aromatic carbocycles. The van der Waals surface area contributed by atoms with Crippen LogP contribution in [-0.2, 0) is 12.8 Å². The molecule has 1 aliphatic carbocycles. The molecule has 0 amide bonds. The van der Waals surface area contributed by atoms with Crippen LogP contribution >= 0.6 is 0 Å². The molecule has 1 nitrogen and oxygen atoms in total. The van der Waals surface area contributed by atoms with E-state index in [9.17, 15) is 0 Å². The molecule has 0 spiro atoms. The Balaban J connectivity index is 1.82. The van der Waals surface area contributed by atoms with Gasteiger partial charge in [-0.1, -0.05) is 36.4 Å². The number of likely N-dealkylation sites (N-methyl/N-ethyl adjacent to an activating group) is 1. The molecular weight excluding hydrogens is 266 g/mol. The van der Waals surface area contributed by atoms with Crippen LogP contribution in [0.2, 0.25) is 0 Å². The van der Waals surface area contributed by atoms with E-state index in [0.29, 0.717) is 0 Å². The van der Waals surface area contributed by atoms with Gasteiger partial charge < -0.3 is 4.90 Å². The van der Waals surface area contributed by atoms with Crippen molar-refractivity contribution >= 4 is 16.5 Å². The summed E-state index contributed by atoms with van der Waals surface area (Å²) >= 11 is 0. The van der Waals surface area contributed by atoms with Crippen LogP contribution in [0.5, 0.6) is 0 Å². The summed E-state index contributed by atoms with van der Waals surface area (Å²) in [5.74, 6) is 0. The normalized spacial score (nSPS) is 15.0. The Hall–Kier alpha value is -2.28. The maximum atomic E-state index is 2.50. The highest BCUT2D eigenvalue weighted by Crippen LogP contribution is 2.43. The first-order chi connectivity index (χ1) is 10.8. The van der Waals surface area contributed by atoms with Crippen molar-refractivity contribution in [3.05, 3.63) is 65.2 Å². The largest absolute Gasteiger partial charge is 0.371 e. The molecule has 1 heterocycles. The third-order valence-electron chi connectivity index (χ3n) is 5.35. The van der Waals surface area contributed by atoms with Gasteiger partial charge in [-0.2, -0.15) is 0 Å². The van der Waals surface area contributed by atoms with E-state index < -0.39 is 0 Å². The second-order valence-corrected chi connectivity index (χ2v) is 6.47. The van der Waals surface area contributed by atoms with Crippen LogP contribution in [0, 0.1) is 0 Å². The number of nitrogens with zero attached hydrogens (tertiary/aromatic N) is 1. The third kappa shape index (κ3) is 1.54. The van der Waals surface area contributed by atoms with Crippen molar-refractivity contribution in [1.29, 1.82) is 0 Å². The molecule has 0 unspecified atom stereocenters. The maximum absolute atomic E-state index is 2.50. The molecule has 3 aromatic rings. The van der Waals surface area contributed by atoms with E-state index in [2.05, 4.69) is 60.4 Å². The van der Waals surface area contributed by atoms with E-state index in [1.54, 1.807) is 0 Å². The molecule has 0 bridgehead atoms. The lowest BCUT2D eigenvalue weighted by molar-refractivity contribution is 0.868. The fraction of sp³-hybridized carbons (Fsp3) is 0.238. The zero-order chi connectivity index (χ0) is 14.7. The Labute approximate surface area is 131 Å². The molecule has 0 atom stereocenters. The molecule has 0 N–H and O–H groups in total. The van der Waals surface area contributed by atoms with Crippen LogP contribution in [0.3, 0.4) is 0 Å². The number of rotatable bonds is 1. The lowest BCUT2D eigenvalue weighted by atomic mass is 9.95. The molecule has 0 radical (unpaired) electrons. The van der Waals surface area contributed by atoms with E-state index in [1.165, 1.54) is 57.2 Å². The highest BCUT2D eigenvalue weighted by atomic mass is 15.1. The lowest BCUT2D eigenvalue weighted by Crippen LogP contribution is -2.19. The zero-order valence-electron chi connectivity index (χ0n) is 12.9. The minimum atomic E-state index is 1.08. The molecule has 108 valence electrons. The average molecular weight is 285 g/mol. The number of hydrogen-bond donors (Lipinski definition) is 0. The summed E-state index contributed by atoms with van der Waals surface area (Å²) in [6.45, 7) is 4.52. The van der Waals surface area contributed by atoms with Gasteiger partial charge in [-0.25, -0.2) is 0 Å². The van der Waals surface area contributed by atoms with E-state index in [-0.39, 0.29) is 0 Å². The monoisotopic (exact) mass is 285 g/mol. The van der Waals surface area contributed by atoms with Gasteiger partial charge in [-0.15, -0.1) is 0 Å². The summed E-state index contributed by atoms with van der Waals surface area (Å²) in [6.07, 6.45) is 2.27. The standard InChI is InChI=1S/C21H19N/c1-2-22-10-9-16-12-19-15(13-20(16)22)7-8-17-11-14-5-3-4-6-18(14)21(17)19/h3-8,12-13H,2,9-11H2,1H3. The molecule has 0 saturated carbocycles. The van der Waals surface area contributed by atoms with Crippen molar-refractivity contribution in [2.24, 2.45) is 0 Å². The fourth-order valence-electron chi connectivity index (χ4n) is 4.24. The van der Waals surface area contributed by atoms with Crippen molar-refractivity contribution < 1.29 is 0 Å². The summed E-state index contributed by atoms with van der Waals surface area (Å²) in [7, 11) is 0. The van der Waals surface area contributed by atoms with Gasteiger partial charge in [-0.05, 0) is 70.5 Å². The number of anilines is 1. The minimum Gasteiger partial charge on any atom is -0.371 e. The summed E-state index contributed by atoms with van der Waals surface area (Å²) in [4.78, 5) is 2.50.